The van der Waals surface area contributed by atoms with E-state index in [1.165, 1.54) is 12.1 Å². The Morgan fingerprint density at radius 1 is 1.15 bits per heavy atom. The van der Waals surface area contributed by atoms with E-state index in [9.17, 15) is 14.0 Å². The molecule has 1 N–H and O–H groups in total. The molecule has 1 atom stereocenters. The first-order valence-corrected chi connectivity index (χ1v) is 9.04. The smallest absolute Gasteiger partial charge is 0.227 e. The van der Waals surface area contributed by atoms with E-state index in [0.717, 1.165) is 16.9 Å². The van der Waals surface area contributed by atoms with Gasteiger partial charge in [-0.3, -0.25) is 9.59 Å². The van der Waals surface area contributed by atoms with Crippen LogP contribution in [-0.4, -0.2) is 39.0 Å². The van der Waals surface area contributed by atoms with Crippen LogP contribution in [0.5, 0.6) is 0 Å². The molecular formula is C21H24FN3O2. The Morgan fingerprint density at radius 2 is 1.81 bits per heavy atom. The zero-order valence-electron chi connectivity index (χ0n) is 15.6. The lowest BCUT2D eigenvalue weighted by atomic mass is 10.1. The highest BCUT2D eigenvalue weighted by atomic mass is 19.1. The van der Waals surface area contributed by atoms with Crippen molar-refractivity contribution in [1.29, 1.82) is 0 Å². The molecule has 2 aromatic carbocycles. The fourth-order valence-electron chi connectivity index (χ4n) is 3.19. The van der Waals surface area contributed by atoms with Crippen molar-refractivity contribution in [2.24, 2.45) is 5.92 Å². The van der Waals surface area contributed by atoms with Crippen LogP contribution in [0.4, 0.5) is 15.8 Å². The minimum Gasteiger partial charge on any atom is -0.378 e. The summed E-state index contributed by atoms with van der Waals surface area (Å²) in [6.07, 6.45) is 0.847. The third kappa shape index (κ3) is 4.64. The predicted molar refractivity (Wildman–Crippen MR) is 104 cm³/mol. The van der Waals surface area contributed by atoms with E-state index in [1.807, 2.05) is 43.3 Å². The van der Waals surface area contributed by atoms with Gasteiger partial charge in [-0.25, -0.2) is 4.39 Å². The van der Waals surface area contributed by atoms with Crippen LogP contribution >= 0.6 is 0 Å². The van der Waals surface area contributed by atoms with E-state index in [4.69, 9.17) is 0 Å². The average molecular weight is 369 g/mol. The monoisotopic (exact) mass is 369 g/mol. The van der Waals surface area contributed by atoms with E-state index in [1.54, 1.807) is 17.0 Å². The van der Waals surface area contributed by atoms with Crippen LogP contribution in [0, 0.1) is 11.7 Å². The molecule has 2 amide bonds. The second-order valence-corrected chi connectivity index (χ2v) is 6.98. The average Bonchev–Trinajstić information content (AvgIpc) is 3.05. The normalized spacial score (nSPS) is 16.5. The summed E-state index contributed by atoms with van der Waals surface area (Å²) in [7, 11) is 3.92. The molecule has 0 radical (unpaired) electrons. The number of anilines is 2. The van der Waals surface area contributed by atoms with Gasteiger partial charge >= 0.3 is 0 Å². The number of rotatable bonds is 6. The van der Waals surface area contributed by atoms with Crippen molar-refractivity contribution in [3.8, 4) is 0 Å². The molecule has 2 aromatic rings. The highest BCUT2D eigenvalue weighted by Crippen LogP contribution is 2.27. The number of nitrogens with zero attached hydrogens (tertiary/aromatic N) is 2. The van der Waals surface area contributed by atoms with Crippen LogP contribution in [0.1, 0.15) is 12.0 Å². The Kier molecular flexibility index (Phi) is 5.74. The molecule has 5 nitrogen and oxygen atoms in total. The van der Waals surface area contributed by atoms with Crippen molar-refractivity contribution >= 4 is 23.2 Å². The molecular weight excluding hydrogens is 345 g/mol. The van der Waals surface area contributed by atoms with Gasteiger partial charge in [-0.1, -0.05) is 12.1 Å². The summed E-state index contributed by atoms with van der Waals surface area (Å²) in [4.78, 5) is 28.4. The summed E-state index contributed by atoms with van der Waals surface area (Å²) in [5.74, 6) is -0.769. The Labute approximate surface area is 158 Å². The summed E-state index contributed by atoms with van der Waals surface area (Å²) in [5.41, 5.74) is 2.83. The topological polar surface area (TPSA) is 52.6 Å². The van der Waals surface area contributed by atoms with Gasteiger partial charge in [0.05, 0.1) is 5.92 Å². The zero-order valence-corrected chi connectivity index (χ0v) is 15.6. The van der Waals surface area contributed by atoms with Gasteiger partial charge in [0.25, 0.3) is 0 Å². The third-order valence-corrected chi connectivity index (χ3v) is 4.80. The quantitative estimate of drug-likeness (QED) is 0.852. The minimum atomic E-state index is -0.348. The first kappa shape index (κ1) is 18.9. The molecule has 0 spiro atoms. The number of carbonyl (C=O) groups is 2. The summed E-state index contributed by atoms with van der Waals surface area (Å²) in [6, 6.07) is 14.0. The van der Waals surface area contributed by atoms with Crippen LogP contribution in [0.25, 0.3) is 0 Å². The first-order valence-electron chi connectivity index (χ1n) is 9.04. The maximum Gasteiger partial charge on any atom is 0.227 e. The molecule has 1 aliphatic heterocycles. The lowest BCUT2D eigenvalue weighted by molar-refractivity contribution is -0.126. The molecule has 0 aromatic heterocycles. The maximum absolute atomic E-state index is 12.9. The van der Waals surface area contributed by atoms with Crippen molar-refractivity contribution in [2.75, 3.05) is 37.0 Å². The fraction of sp³-hybridized carbons (Fsp3) is 0.333. The van der Waals surface area contributed by atoms with E-state index in [0.29, 0.717) is 19.5 Å². The molecule has 6 heteroatoms. The summed E-state index contributed by atoms with van der Waals surface area (Å²) < 4.78 is 12.9. The largest absolute Gasteiger partial charge is 0.378 e. The number of hydrogen-bond donors (Lipinski definition) is 1. The summed E-state index contributed by atoms with van der Waals surface area (Å²) in [6.45, 7) is 0.856. The highest BCUT2D eigenvalue weighted by molar-refractivity contribution is 6.00. The molecule has 1 unspecified atom stereocenters. The molecule has 142 valence electrons. The third-order valence-electron chi connectivity index (χ3n) is 4.80. The van der Waals surface area contributed by atoms with E-state index in [-0.39, 0.29) is 30.0 Å². The number of halogens is 1. The molecule has 3 rings (SSSR count). The fourth-order valence-corrected chi connectivity index (χ4v) is 3.19. The van der Waals surface area contributed by atoms with Crippen molar-refractivity contribution in [3.05, 3.63) is 59.9 Å². The van der Waals surface area contributed by atoms with Gasteiger partial charge in [-0.15, -0.1) is 0 Å². The Balaban J connectivity index is 1.53. The number of benzene rings is 2. The van der Waals surface area contributed by atoms with Crippen molar-refractivity contribution < 1.29 is 14.0 Å². The van der Waals surface area contributed by atoms with Gasteiger partial charge in [-0.05, 0) is 48.4 Å². The Morgan fingerprint density at radius 3 is 2.44 bits per heavy atom. The predicted octanol–water partition coefficient (Wildman–Crippen LogP) is 2.60. The lowest BCUT2D eigenvalue weighted by Gasteiger charge is -2.19. The first-order chi connectivity index (χ1) is 12.9. The number of nitrogens with one attached hydrogen (secondary N) is 1. The van der Waals surface area contributed by atoms with Crippen LogP contribution in [0.15, 0.2) is 48.5 Å². The minimum absolute atomic E-state index is 0.0358. The molecule has 1 heterocycles. The van der Waals surface area contributed by atoms with Crippen LogP contribution in [0.2, 0.25) is 0 Å². The zero-order chi connectivity index (χ0) is 19.4. The Hall–Kier alpha value is -2.89. The molecule has 0 saturated carbocycles. The second kappa shape index (κ2) is 8.20. The lowest BCUT2D eigenvalue weighted by Crippen LogP contribution is -2.34. The van der Waals surface area contributed by atoms with Crippen LogP contribution in [0.3, 0.4) is 0 Å². The van der Waals surface area contributed by atoms with Crippen molar-refractivity contribution in [2.45, 2.75) is 12.8 Å². The Bertz CT molecular complexity index is 803. The van der Waals surface area contributed by atoms with Crippen LogP contribution in [-0.2, 0) is 16.0 Å². The van der Waals surface area contributed by atoms with Gasteiger partial charge in [0, 0.05) is 45.0 Å². The van der Waals surface area contributed by atoms with Gasteiger partial charge < -0.3 is 15.1 Å². The van der Waals surface area contributed by atoms with Crippen molar-refractivity contribution in [3.63, 3.8) is 0 Å². The number of hydrogen-bond acceptors (Lipinski definition) is 3. The number of amides is 2. The summed E-state index contributed by atoms with van der Waals surface area (Å²) in [5, 5.41) is 2.89. The van der Waals surface area contributed by atoms with Gasteiger partial charge in [0.15, 0.2) is 0 Å². The van der Waals surface area contributed by atoms with E-state index in [2.05, 4.69) is 5.32 Å². The van der Waals surface area contributed by atoms with Gasteiger partial charge in [0.1, 0.15) is 5.82 Å². The summed E-state index contributed by atoms with van der Waals surface area (Å²) >= 11 is 0. The van der Waals surface area contributed by atoms with Gasteiger partial charge in [0.2, 0.25) is 11.8 Å². The molecule has 1 saturated heterocycles. The number of carbonyl (C=O) groups excluding carboxylic acids is 2. The SMILES string of the molecule is CN(C)c1ccc(N2CC(C(=O)NCCc3ccc(F)cc3)CC2=O)cc1. The highest BCUT2D eigenvalue weighted by Gasteiger charge is 2.34. The standard InChI is InChI=1S/C21H24FN3O2/c1-24(2)18-7-9-19(10-8-18)25-14-16(13-20(25)26)21(27)23-12-11-15-3-5-17(22)6-4-15/h3-10,16H,11-14H2,1-2H3,(H,23,27). The van der Waals surface area contributed by atoms with E-state index >= 15 is 0 Å². The van der Waals surface area contributed by atoms with E-state index < -0.39 is 0 Å². The maximum atomic E-state index is 12.9. The van der Waals surface area contributed by atoms with Crippen LogP contribution < -0.4 is 15.1 Å². The molecule has 0 bridgehead atoms. The molecule has 27 heavy (non-hydrogen) atoms. The molecule has 1 fully saturated rings. The van der Waals surface area contributed by atoms with Gasteiger partial charge in [-0.2, -0.15) is 0 Å². The molecule has 0 aliphatic carbocycles. The molecule has 1 aliphatic rings. The second-order valence-electron chi connectivity index (χ2n) is 6.98. The van der Waals surface area contributed by atoms with Crippen molar-refractivity contribution in [1.82, 2.24) is 5.32 Å².